The number of carbonyl (C=O) groups excluding carboxylic acids is 1. The van der Waals surface area contributed by atoms with Crippen molar-refractivity contribution in [2.24, 2.45) is 0 Å². The van der Waals surface area contributed by atoms with E-state index in [4.69, 9.17) is 14.6 Å². The minimum absolute atomic E-state index is 0.116. The first-order valence-electron chi connectivity index (χ1n) is 5.70. The van der Waals surface area contributed by atoms with Crippen molar-refractivity contribution in [3.05, 3.63) is 0 Å². The van der Waals surface area contributed by atoms with E-state index >= 15 is 0 Å². The molecule has 0 spiro atoms. The molecule has 17 heavy (non-hydrogen) atoms. The highest BCUT2D eigenvalue weighted by Gasteiger charge is 2.29. The minimum atomic E-state index is -0.751. The molecule has 0 bridgehead atoms. The van der Waals surface area contributed by atoms with E-state index in [9.17, 15) is 9.90 Å². The molecule has 0 aromatic carbocycles. The second kappa shape index (κ2) is 5.66. The Morgan fingerprint density at radius 3 is 2.65 bits per heavy atom. The quantitative estimate of drug-likeness (QED) is 0.680. The largest absolute Gasteiger partial charge is 0.444 e. The number of nitrogens with zero attached hydrogens (tertiary/aromatic N) is 1. The SMILES string of the molecule is CC(C)(C)OC(=O)N1CC(O)COC(CO)C1. The summed E-state index contributed by atoms with van der Waals surface area (Å²) in [5.74, 6) is 0. The van der Waals surface area contributed by atoms with Gasteiger partial charge in [0.05, 0.1) is 38.5 Å². The number of aliphatic hydroxyl groups is 2. The van der Waals surface area contributed by atoms with Crippen LogP contribution in [-0.4, -0.2) is 65.3 Å². The third-order valence-electron chi connectivity index (χ3n) is 2.23. The van der Waals surface area contributed by atoms with Gasteiger partial charge in [0, 0.05) is 0 Å². The summed E-state index contributed by atoms with van der Waals surface area (Å²) in [7, 11) is 0. The monoisotopic (exact) mass is 247 g/mol. The smallest absolute Gasteiger partial charge is 0.410 e. The van der Waals surface area contributed by atoms with Crippen LogP contribution < -0.4 is 0 Å². The van der Waals surface area contributed by atoms with Crippen molar-refractivity contribution in [3.63, 3.8) is 0 Å². The van der Waals surface area contributed by atoms with Gasteiger partial charge in [-0.2, -0.15) is 0 Å². The van der Waals surface area contributed by atoms with E-state index in [1.807, 2.05) is 0 Å². The van der Waals surface area contributed by atoms with Crippen molar-refractivity contribution in [2.45, 2.75) is 38.6 Å². The molecular weight excluding hydrogens is 226 g/mol. The third kappa shape index (κ3) is 4.89. The standard InChI is InChI=1S/C11H21NO5/c1-11(2,3)17-10(15)12-4-8(14)7-16-9(5-12)6-13/h8-9,13-14H,4-7H2,1-3H3. The molecule has 1 aliphatic rings. The fourth-order valence-electron chi connectivity index (χ4n) is 1.51. The third-order valence-corrected chi connectivity index (χ3v) is 2.23. The van der Waals surface area contributed by atoms with E-state index in [1.165, 1.54) is 4.90 Å². The molecule has 1 fully saturated rings. The molecule has 100 valence electrons. The Hall–Kier alpha value is -0.850. The van der Waals surface area contributed by atoms with Crippen LogP contribution in [0.15, 0.2) is 0 Å². The van der Waals surface area contributed by atoms with Crippen LogP contribution in [0.1, 0.15) is 20.8 Å². The molecule has 1 aliphatic heterocycles. The average molecular weight is 247 g/mol. The van der Waals surface area contributed by atoms with Crippen LogP contribution in [0.2, 0.25) is 0 Å². The van der Waals surface area contributed by atoms with Gasteiger partial charge in [0.25, 0.3) is 0 Å². The summed E-state index contributed by atoms with van der Waals surface area (Å²) in [5, 5.41) is 18.6. The number of amides is 1. The van der Waals surface area contributed by atoms with Crippen molar-refractivity contribution in [1.29, 1.82) is 0 Å². The van der Waals surface area contributed by atoms with E-state index in [0.29, 0.717) is 0 Å². The Morgan fingerprint density at radius 2 is 2.12 bits per heavy atom. The van der Waals surface area contributed by atoms with Gasteiger partial charge in [-0.15, -0.1) is 0 Å². The molecule has 0 aromatic rings. The lowest BCUT2D eigenvalue weighted by Crippen LogP contribution is -2.43. The van der Waals surface area contributed by atoms with E-state index in [1.54, 1.807) is 20.8 Å². The Morgan fingerprint density at radius 1 is 1.47 bits per heavy atom. The van der Waals surface area contributed by atoms with E-state index in [0.717, 1.165) is 0 Å². The highest BCUT2D eigenvalue weighted by Crippen LogP contribution is 2.13. The van der Waals surface area contributed by atoms with Crippen molar-refractivity contribution >= 4 is 6.09 Å². The van der Waals surface area contributed by atoms with Crippen molar-refractivity contribution in [1.82, 2.24) is 4.90 Å². The fourth-order valence-corrected chi connectivity index (χ4v) is 1.51. The van der Waals surface area contributed by atoms with Crippen molar-refractivity contribution < 1.29 is 24.5 Å². The molecule has 6 nitrogen and oxygen atoms in total. The van der Waals surface area contributed by atoms with Crippen LogP contribution in [0.25, 0.3) is 0 Å². The van der Waals surface area contributed by atoms with Crippen LogP contribution in [0, 0.1) is 0 Å². The van der Waals surface area contributed by atoms with Gasteiger partial charge in [-0.3, -0.25) is 0 Å². The maximum Gasteiger partial charge on any atom is 0.410 e. The fraction of sp³-hybridized carbons (Fsp3) is 0.909. The number of ether oxygens (including phenoxy) is 2. The van der Waals surface area contributed by atoms with Gasteiger partial charge in [-0.1, -0.05) is 0 Å². The lowest BCUT2D eigenvalue weighted by molar-refractivity contribution is -0.0136. The molecule has 1 rings (SSSR count). The van der Waals surface area contributed by atoms with Gasteiger partial charge in [-0.05, 0) is 20.8 Å². The summed E-state index contributed by atoms with van der Waals surface area (Å²) in [6.45, 7) is 5.64. The normalized spacial score (nSPS) is 26.5. The van der Waals surface area contributed by atoms with Gasteiger partial charge in [0.2, 0.25) is 0 Å². The summed E-state index contributed by atoms with van der Waals surface area (Å²) in [6.07, 6.45) is -1.72. The summed E-state index contributed by atoms with van der Waals surface area (Å²) in [5.41, 5.74) is -0.579. The van der Waals surface area contributed by atoms with E-state index in [2.05, 4.69) is 0 Å². The zero-order valence-corrected chi connectivity index (χ0v) is 10.5. The molecule has 2 unspecified atom stereocenters. The summed E-state index contributed by atoms with van der Waals surface area (Å²) < 4.78 is 10.4. The Kier molecular flexibility index (Phi) is 4.73. The zero-order chi connectivity index (χ0) is 13.1. The van der Waals surface area contributed by atoms with Crippen LogP contribution >= 0.6 is 0 Å². The molecule has 2 atom stereocenters. The predicted octanol–water partition coefficient (Wildman–Crippen LogP) is -0.0245. The second-order valence-electron chi connectivity index (χ2n) is 5.18. The molecule has 0 saturated carbocycles. The number of aliphatic hydroxyl groups excluding tert-OH is 2. The lowest BCUT2D eigenvalue weighted by Gasteiger charge is -2.27. The first kappa shape index (κ1) is 14.2. The Bertz CT molecular complexity index is 263. The summed E-state index contributed by atoms with van der Waals surface area (Å²) in [4.78, 5) is 13.2. The zero-order valence-electron chi connectivity index (χ0n) is 10.5. The van der Waals surface area contributed by atoms with E-state index in [-0.39, 0.29) is 26.3 Å². The first-order valence-corrected chi connectivity index (χ1v) is 5.70. The molecule has 1 heterocycles. The Balaban J connectivity index is 2.63. The molecular formula is C11H21NO5. The molecule has 0 radical (unpaired) electrons. The number of hydrogen-bond acceptors (Lipinski definition) is 5. The van der Waals surface area contributed by atoms with Gasteiger partial charge in [0.15, 0.2) is 0 Å². The molecule has 6 heteroatoms. The van der Waals surface area contributed by atoms with Crippen LogP contribution in [0.5, 0.6) is 0 Å². The summed E-state index contributed by atoms with van der Waals surface area (Å²) in [6, 6.07) is 0. The number of hydrogen-bond donors (Lipinski definition) is 2. The second-order valence-corrected chi connectivity index (χ2v) is 5.18. The lowest BCUT2D eigenvalue weighted by atomic mass is 10.2. The highest BCUT2D eigenvalue weighted by molar-refractivity contribution is 5.68. The van der Waals surface area contributed by atoms with Crippen LogP contribution in [0.3, 0.4) is 0 Å². The van der Waals surface area contributed by atoms with Crippen molar-refractivity contribution in [2.75, 3.05) is 26.3 Å². The molecule has 1 amide bonds. The predicted molar refractivity (Wildman–Crippen MR) is 60.6 cm³/mol. The van der Waals surface area contributed by atoms with Gasteiger partial charge in [0.1, 0.15) is 5.60 Å². The number of carbonyl (C=O) groups is 1. The van der Waals surface area contributed by atoms with Gasteiger partial charge in [-0.25, -0.2) is 4.79 Å². The molecule has 1 saturated heterocycles. The molecule has 0 aliphatic carbocycles. The minimum Gasteiger partial charge on any atom is -0.444 e. The first-order chi connectivity index (χ1) is 7.81. The van der Waals surface area contributed by atoms with Gasteiger partial charge < -0.3 is 24.6 Å². The highest BCUT2D eigenvalue weighted by atomic mass is 16.6. The summed E-state index contributed by atoms with van der Waals surface area (Å²) >= 11 is 0. The topological polar surface area (TPSA) is 79.2 Å². The maximum absolute atomic E-state index is 11.8. The number of β-amino-alcohol motifs (C(OH)–C–C–N with tert-alkyl or cyclic N) is 1. The average Bonchev–Trinajstić information content (AvgIpc) is 2.37. The Labute approximate surface area is 101 Å². The van der Waals surface area contributed by atoms with Crippen molar-refractivity contribution in [3.8, 4) is 0 Å². The number of rotatable bonds is 1. The van der Waals surface area contributed by atoms with E-state index < -0.39 is 23.9 Å². The maximum atomic E-state index is 11.8. The van der Waals surface area contributed by atoms with Crippen LogP contribution in [0.4, 0.5) is 4.79 Å². The van der Waals surface area contributed by atoms with Crippen LogP contribution in [-0.2, 0) is 9.47 Å². The molecule has 0 aromatic heterocycles. The van der Waals surface area contributed by atoms with Gasteiger partial charge >= 0.3 is 6.09 Å². The molecule has 2 N–H and O–H groups in total.